The fourth-order valence-electron chi connectivity index (χ4n) is 2.31. The van der Waals surface area contributed by atoms with E-state index in [1.54, 1.807) is 44.2 Å². The van der Waals surface area contributed by atoms with Crippen LogP contribution in [0.5, 0.6) is 0 Å². The first kappa shape index (κ1) is 21.0. The van der Waals surface area contributed by atoms with Crippen LogP contribution >= 0.6 is 11.6 Å². The van der Waals surface area contributed by atoms with Crippen molar-refractivity contribution in [3.8, 4) is 0 Å². The minimum atomic E-state index is -0.530. The lowest BCUT2D eigenvalue weighted by atomic mass is 10.1. The van der Waals surface area contributed by atoms with E-state index in [9.17, 15) is 19.7 Å². The second-order valence-corrected chi connectivity index (χ2v) is 6.60. The Labute approximate surface area is 166 Å². The first-order chi connectivity index (χ1) is 13.2. The minimum Gasteiger partial charge on any atom is -0.325 e. The van der Waals surface area contributed by atoms with Crippen molar-refractivity contribution in [1.82, 2.24) is 5.43 Å². The van der Waals surface area contributed by atoms with E-state index >= 15 is 0 Å². The van der Waals surface area contributed by atoms with Crippen LogP contribution in [0.3, 0.4) is 0 Å². The molecule has 9 heteroatoms. The molecular weight excluding hydrogens is 384 g/mol. The van der Waals surface area contributed by atoms with E-state index in [-0.39, 0.29) is 24.4 Å². The number of nitro benzene ring substituents is 1. The Morgan fingerprint density at radius 3 is 2.46 bits per heavy atom. The van der Waals surface area contributed by atoms with Gasteiger partial charge in [0.15, 0.2) is 0 Å². The molecule has 2 aromatic rings. The first-order valence-corrected chi connectivity index (χ1v) is 8.73. The lowest BCUT2D eigenvalue weighted by Crippen LogP contribution is -2.23. The summed E-state index contributed by atoms with van der Waals surface area (Å²) < 4.78 is 0. The maximum absolute atomic E-state index is 12.1. The Hall–Kier alpha value is -3.26. The van der Waals surface area contributed by atoms with Crippen LogP contribution in [0.4, 0.5) is 11.4 Å². The van der Waals surface area contributed by atoms with Gasteiger partial charge in [0.1, 0.15) is 0 Å². The molecule has 0 saturated heterocycles. The van der Waals surface area contributed by atoms with Crippen molar-refractivity contribution in [2.75, 3.05) is 5.32 Å². The standard InChI is InChI=1S/C19H19ClN4O4/c1-12-3-8-16(24(27)28)11-17(12)21-18(25)9-13(2)22-23-19(26)10-14-4-6-15(20)7-5-14/h3-8,11H,9-10H2,1-2H3,(H,21,25)(H,23,26)/b22-13+. The number of nitrogens with one attached hydrogen (secondary N) is 2. The van der Waals surface area contributed by atoms with Gasteiger partial charge in [-0.15, -0.1) is 0 Å². The summed E-state index contributed by atoms with van der Waals surface area (Å²) in [6.07, 6.45) is 0.0659. The highest BCUT2D eigenvalue weighted by atomic mass is 35.5. The van der Waals surface area contributed by atoms with Crippen molar-refractivity contribution in [1.29, 1.82) is 0 Å². The van der Waals surface area contributed by atoms with Gasteiger partial charge in [0, 0.05) is 22.9 Å². The van der Waals surface area contributed by atoms with Crippen LogP contribution in [0.25, 0.3) is 0 Å². The topological polar surface area (TPSA) is 114 Å². The van der Waals surface area contributed by atoms with E-state index < -0.39 is 10.8 Å². The summed E-state index contributed by atoms with van der Waals surface area (Å²) in [5.41, 5.74) is 4.52. The van der Waals surface area contributed by atoms with Crippen molar-refractivity contribution >= 4 is 40.5 Å². The average molecular weight is 403 g/mol. The molecule has 0 aliphatic carbocycles. The fraction of sp³-hybridized carbons (Fsp3) is 0.211. The maximum atomic E-state index is 12.1. The molecule has 2 amide bonds. The Bertz CT molecular complexity index is 926. The monoisotopic (exact) mass is 402 g/mol. The number of benzene rings is 2. The van der Waals surface area contributed by atoms with Gasteiger partial charge in [-0.05, 0) is 37.1 Å². The van der Waals surface area contributed by atoms with Gasteiger partial charge in [-0.1, -0.05) is 29.8 Å². The Kier molecular flexibility index (Phi) is 7.22. The second kappa shape index (κ2) is 9.61. The molecule has 0 aliphatic heterocycles. The lowest BCUT2D eigenvalue weighted by Gasteiger charge is -2.08. The largest absolute Gasteiger partial charge is 0.325 e. The van der Waals surface area contributed by atoms with Crippen LogP contribution in [0, 0.1) is 17.0 Å². The van der Waals surface area contributed by atoms with Crippen LogP contribution in [0.15, 0.2) is 47.6 Å². The summed E-state index contributed by atoms with van der Waals surface area (Å²) in [6.45, 7) is 3.33. The Balaban J connectivity index is 1.89. The number of hydrazone groups is 1. The molecule has 0 bridgehead atoms. The van der Waals surface area contributed by atoms with E-state index in [2.05, 4.69) is 15.8 Å². The summed E-state index contributed by atoms with van der Waals surface area (Å²) in [7, 11) is 0. The van der Waals surface area contributed by atoms with Crippen LogP contribution in [0.1, 0.15) is 24.5 Å². The van der Waals surface area contributed by atoms with E-state index in [1.807, 2.05) is 0 Å². The summed E-state index contributed by atoms with van der Waals surface area (Å²) >= 11 is 5.80. The molecule has 0 saturated carbocycles. The van der Waals surface area contributed by atoms with Crippen LogP contribution < -0.4 is 10.7 Å². The highest BCUT2D eigenvalue weighted by Gasteiger charge is 2.12. The number of hydrogen-bond acceptors (Lipinski definition) is 5. The number of nitrogens with zero attached hydrogens (tertiary/aromatic N) is 2. The fourth-order valence-corrected chi connectivity index (χ4v) is 2.44. The molecule has 28 heavy (non-hydrogen) atoms. The zero-order valence-corrected chi connectivity index (χ0v) is 16.1. The third-order valence-electron chi connectivity index (χ3n) is 3.77. The Morgan fingerprint density at radius 2 is 1.82 bits per heavy atom. The van der Waals surface area contributed by atoms with Crippen molar-refractivity contribution in [3.63, 3.8) is 0 Å². The lowest BCUT2D eigenvalue weighted by molar-refractivity contribution is -0.384. The molecule has 2 N–H and O–H groups in total. The molecule has 2 rings (SSSR count). The number of amides is 2. The van der Waals surface area contributed by atoms with Gasteiger partial charge in [-0.2, -0.15) is 5.10 Å². The summed E-state index contributed by atoms with van der Waals surface area (Å²) in [6, 6.07) is 11.1. The third-order valence-corrected chi connectivity index (χ3v) is 4.02. The molecule has 0 aliphatic rings. The summed E-state index contributed by atoms with van der Waals surface area (Å²) in [5.74, 6) is -0.714. The van der Waals surface area contributed by atoms with E-state index in [1.165, 1.54) is 12.1 Å². The van der Waals surface area contributed by atoms with Crippen molar-refractivity contribution in [2.24, 2.45) is 5.10 Å². The first-order valence-electron chi connectivity index (χ1n) is 8.36. The second-order valence-electron chi connectivity index (χ2n) is 6.17. The molecule has 8 nitrogen and oxygen atoms in total. The zero-order chi connectivity index (χ0) is 20.7. The highest BCUT2D eigenvalue weighted by molar-refractivity contribution is 6.30. The zero-order valence-electron chi connectivity index (χ0n) is 15.4. The quantitative estimate of drug-likeness (QED) is 0.418. The van der Waals surface area contributed by atoms with Gasteiger partial charge >= 0.3 is 0 Å². The molecular formula is C19H19ClN4O4. The molecule has 146 valence electrons. The summed E-state index contributed by atoms with van der Waals surface area (Å²) in [4.78, 5) is 34.4. The predicted molar refractivity (Wildman–Crippen MR) is 107 cm³/mol. The number of carbonyl (C=O) groups is 2. The maximum Gasteiger partial charge on any atom is 0.271 e. The Morgan fingerprint density at radius 1 is 1.14 bits per heavy atom. The van der Waals surface area contributed by atoms with Gasteiger partial charge in [-0.25, -0.2) is 5.43 Å². The van der Waals surface area contributed by atoms with Gasteiger partial charge in [0.2, 0.25) is 11.8 Å². The van der Waals surface area contributed by atoms with Gasteiger partial charge in [0.25, 0.3) is 5.69 Å². The number of rotatable bonds is 7. The molecule has 2 aromatic carbocycles. The normalized spacial score (nSPS) is 11.0. The molecule has 0 aromatic heterocycles. The molecule has 0 atom stereocenters. The number of non-ortho nitro benzene ring substituents is 1. The number of nitro groups is 1. The van der Waals surface area contributed by atoms with Crippen molar-refractivity contribution < 1.29 is 14.5 Å². The molecule has 0 radical (unpaired) electrons. The van der Waals surface area contributed by atoms with Crippen LogP contribution in [-0.4, -0.2) is 22.4 Å². The average Bonchev–Trinajstić information content (AvgIpc) is 2.63. The molecule has 0 heterocycles. The van der Waals surface area contributed by atoms with Crippen LogP contribution in [-0.2, 0) is 16.0 Å². The van der Waals surface area contributed by atoms with E-state index in [4.69, 9.17) is 11.6 Å². The molecule has 0 unspecified atom stereocenters. The number of halogens is 1. The van der Waals surface area contributed by atoms with Gasteiger partial charge < -0.3 is 5.32 Å². The van der Waals surface area contributed by atoms with Crippen molar-refractivity contribution in [3.05, 3.63) is 68.7 Å². The van der Waals surface area contributed by atoms with E-state index in [0.29, 0.717) is 22.0 Å². The predicted octanol–water partition coefficient (Wildman–Crippen LogP) is 3.62. The SMILES string of the molecule is C/C(CC(=O)Nc1cc([N+](=O)[O-])ccc1C)=N\NC(=O)Cc1ccc(Cl)cc1. The minimum absolute atomic E-state index is 0.0661. The van der Waals surface area contributed by atoms with Crippen LogP contribution in [0.2, 0.25) is 5.02 Å². The van der Waals surface area contributed by atoms with Gasteiger partial charge in [0.05, 0.1) is 23.5 Å². The smallest absolute Gasteiger partial charge is 0.271 e. The number of anilines is 1. The number of aryl methyl sites for hydroxylation is 1. The summed E-state index contributed by atoms with van der Waals surface area (Å²) in [5, 5.41) is 18.0. The van der Waals surface area contributed by atoms with Gasteiger partial charge in [-0.3, -0.25) is 19.7 Å². The molecule has 0 fully saturated rings. The molecule has 0 spiro atoms. The van der Waals surface area contributed by atoms with Crippen molar-refractivity contribution in [2.45, 2.75) is 26.7 Å². The number of hydrogen-bond donors (Lipinski definition) is 2. The highest BCUT2D eigenvalue weighted by Crippen LogP contribution is 2.22. The third kappa shape index (κ3) is 6.48. The number of carbonyl (C=O) groups excluding carboxylic acids is 2. The van der Waals surface area contributed by atoms with E-state index in [0.717, 1.165) is 5.56 Å².